The number of benzene rings is 1. The van der Waals surface area contributed by atoms with E-state index in [0.29, 0.717) is 0 Å². The number of fused-ring (bicyclic) bond motifs is 1. The minimum absolute atomic E-state index is 0.744. The Labute approximate surface area is 116 Å². The SMILES string of the molecule is C/C(=C\CC(C)C)CCc1ccc2ccccc2n1. The Balaban J connectivity index is 2.00. The monoisotopic (exact) mass is 253 g/mol. The number of hydrogen-bond donors (Lipinski definition) is 0. The van der Waals surface area contributed by atoms with Gasteiger partial charge in [0.25, 0.3) is 0 Å². The van der Waals surface area contributed by atoms with Crippen LogP contribution in [0.15, 0.2) is 48.0 Å². The third-order valence-corrected chi connectivity index (χ3v) is 3.37. The van der Waals surface area contributed by atoms with Gasteiger partial charge in [-0.15, -0.1) is 0 Å². The number of nitrogens with zero attached hydrogens (tertiary/aromatic N) is 1. The second kappa shape index (κ2) is 6.51. The topological polar surface area (TPSA) is 12.9 Å². The molecule has 100 valence electrons. The number of pyridine rings is 1. The fourth-order valence-electron chi connectivity index (χ4n) is 2.11. The highest BCUT2D eigenvalue weighted by atomic mass is 14.7. The zero-order valence-electron chi connectivity index (χ0n) is 12.2. The molecule has 1 aromatic carbocycles. The van der Waals surface area contributed by atoms with Crippen LogP contribution in [0, 0.1) is 5.92 Å². The summed E-state index contributed by atoms with van der Waals surface area (Å²) in [7, 11) is 0. The minimum Gasteiger partial charge on any atom is -0.253 e. The largest absolute Gasteiger partial charge is 0.253 e. The number of para-hydroxylation sites is 1. The molecule has 2 aromatic rings. The van der Waals surface area contributed by atoms with Crippen LogP contribution in [0.5, 0.6) is 0 Å². The first-order valence-electron chi connectivity index (χ1n) is 7.15. The maximum absolute atomic E-state index is 4.72. The Kier molecular flexibility index (Phi) is 4.73. The molecule has 0 N–H and O–H groups in total. The average molecular weight is 253 g/mol. The minimum atomic E-state index is 0.744. The summed E-state index contributed by atoms with van der Waals surface area (Å²) >= 11 is 0. The molecule has 0 atom stereocenters. The van der Waals surface area contributed by atoms with Gasteiger partial charge in [0, 0.05) is 11.1 Å². The molecule has 0 bridgehead atoms. The van der Waals surface area contributed by atoms with E-state index in [1.807, 2.05) is 6.07 Å². The Bertz CT molecular complexity index is 567. The van der Waals surface area contributed by atoms with E-state index in [1.165, 1.54) is 23.1 Å². The molecule has 0 fully saturated rings. The van der Waals surface area contributed by atoms with E-state index in [1.54, 1.807) is 0 Å². The smallest absolute Gasteiger partial charge is 0.0705 e. The number of allylic oxidation sites excluding steroid dienone is 2. The lowest BCUT2D eigenvalue weighted by atomic mass is 10.0. The van der Waals surface area contributed by atoms with Gasteiger partial charge in [-0.25, -0.2) is 0 Å². The summed E-state index contributed by atoms with van der Waals surface area (Å²) in [6, 6.07) is 12.6. The van der Waals surface area contributed by atoms with Gasteiger partial charge in [-0.2, -0.15) is 0 Å². The van der Waals surface area contributed by atoms with Crippen molar-refractivity contribution in [2.45, 2.75) is 40.0 Å². The molecule has 1 aromatic heterocycles. The van der Waals surface area contributed by atoms with Crippen molar-refractivity contribution in [2.75, 3.05) is 0 Å². The van der Waals surface area contributed by atoms with E-state index in [2.05, 4.69) is 57.2 Å². The highest BCUT2D eigenvalue weighted by Gasteiger charge is 1.99. The quantitative estimate of drug-likeness (QED) is 0.671. The highest BCUT2D eigenvalue weighted by Crippen LogP contribution is 2.15. The van der Waals surface area contributed by atoms with Crippen molar-refractivity contribution in [3.8, 4) is 0 Å². The molecule has 0 unspecified atom stereocenters. The van der Waals surface area contributed by atoms with Gasteiger partial charge in [0.15, 0.2) is 0 Å². The summed E-state index contributed by atoms with van der Waals surface area (Å²) in [6.45, 7) is 6.74. The summed E-state index contributed by atoms with van der Waals surface area (Å²) in [4.78, 5) is 4.72. The molecule has 0 saturated heterocycles. The van der Waals surface area contributed by atoms with Crippen molar-refractivity contribution in [3.05, 3.63) is 53.7 Å². The zero-order valence-corrected chi connectivity index (χ0v) is 12.2. The molecule has 1 nitrogen and oxygen atoms in total. The molecule has 0 saturated carbocycles. The number of rotatable bonds is 5. The summed E-state index contributed by atoms with van der Waals surface area (Å²) < 4.78 is 0. The van der Waals surface area contributed by atoms with Crippen molar-refractivity contribution in [1.82, 2.24) is 4.98 Å². The molecule has 19 heavy (non-hydrogen) atoms. The Morgan fingerprint density at radius 2 is 1.95 bits per heavy atom. The summed E-state index contributed by atoms with van der Waals surface area (Å²) in [5, 5.41) is 1.22. The molecule has 0 aliphatic carbocycles. The lowest BCUT2D eigenvalue weighted by Gasteiger charge is -2.05. The van der Waals surface area contributed by atoms with Gasteiger partial charge >= 0.3 is 0 Å². The van der Waals surface area contributed by atoms with E-state index in [9.17, 15) is 0 Å². The van der Waals surface area contributed by atoms with Crippen molar-refractivity contribution in [2.24, 2.45) is 5.92 Å². The third-order valence-electron chi connectivity index (χ3n) is 3.37. The van der Waals surface area contributed by atoms with E-state index in [-0.39, 0.29) is 0 Å². The third kappa shape index (κ3) is 4.20. The van der Waals surface area contributed by atoms with Crippen LogP contribution < -0.4 is 0 Å². The van der Waals surface area contributed by atoms with Crippen LogP contribution in [0.25, 0.3) is 10.9 Å². The molecule has 0 radical (unpaired) electrons. The molecule has 0 spiro atoms. The summed E-state index contributed by atoms with van der Waals surface area (Å²) in [5.41, 5.74) is 3.77. The van der Waals surface area contributed by atoms with Crippen molar-refractivity contribution in [1.29, 1.82) is 0 Å². The van der Waals surface area contributed by atoms with Gasteiger partial charge in [0.2, 0.25) is 0 Å². The second-order valence-electron chi connectivity index (χ2n) is 5.68. The van der Waals surface area contributed by atoms with E-state index >= 15 is 0 Å². The number of aromatic nitrogens is 1. The summed E-state index contributed by atoms with van der Waals surface area (Å²) in [6.07, 6.45) is 5.69. The van der Waals surface area contributed by atoms with Gasteiger partial charge in [-0.1, -0.05) is 49.8 Å². The average Bonchev–Trinajstić information content (AvgIpc) is 2.42. The van der Waals surface area contributed by atoms with Crippen LogP contribution in [0.1, 0.15) is 39.3 Å². The van der Waals surface area contributed by atoms with Gasteiger partial charge in [-0.05, 0) is 44.2 Å². The van der Waals surface area contributed by atoms with Crippen LogP contribution in [0.4, 0.5) is 0 Å². The van der Waals surface area contributed by atoms with Gasteiger partial charge in [0.1, 0.15) is 0 Å². The maximum atomic E-state index is 4.72. The predicted molar refractivity (Wildman–Crippen MR) is 83.3 cm³/mol. The van der Waals surface area contributed by atoms with Crippen LogP contribution in [0.3, 0.4) is 0 Å². The van der Waals surface area contributed by atoms with Crippen LogP contribution in [-0.4, -0.2) is 4.98 Å². The first kappa shape index (κ1) is 13.8. The molecule has 0 amide bonds. The zero-order chi connectivity index (χ0) is 13.7. The molecule has 2 rings (SSSR count). The second-order valence-corrected chi connectivity index (χ2v) is 5.68. The molecule has 0 aliphatic rings. The van der Waals surface area contributed by atoms with Crippen LogP contribution in [-0.2, 0) is 6.42 Å². The molecule has 1 heterocycles. The van der Waals surface area contributed by atoms with Gasteiger partial charge in [0.05, 0.1) is 5.52 Å². The lowest BCUT2D eigenvalue weighted by molar-refractivity contribution is 0.658. The Morgan fingerprint density at radius 3 is 2.74 bits per heavy atom. The summed E-state index contributed by atoms with van der Waals surface area (Å²) in [5.74, 6) is 0.744. The van der Waals surface area contributed by atoms with Crippen molar-refractivity contribution < 1.29 is 0 Å². The van der Waals surface area contributed by atoms with Crippen LogP contribution >= 0.6 is 0 Å². The number of hydrogen-bond acceptors (Lipinski definition) is 1. The van der Waals surface area contributed by atoms with Crippen molar-refractivity contribution in [3.63, 3.8) is 0 Å². The molecular weight excluding hydrogens is 230 g/mol. The van der Waals surface area contributed by atoms with Gasteiger partial charge < -0.3 is 0 Å². The fraction of sp³-hybridized carbons (Fsp3) is 0.389. The Hall–Kier alpha value is -1.63. The van der Waals surface area contributed by atoms with E-state index < -0.39 is 0 Å². The Morgan fingerprint density at radius 1 is 1.16 bits per heavy atom. The molecule has 1 heteroatoms. The lowest BCUT2D eigenvalue weighted by Crippen LogP contribution is -1.92. The first-order valence-corrected chi connectivity index (χ1v) is 7.15. The standard InChI is InChI=1S/C18H23N/c1-14(2)8-9-15(3)10-12-17-13-11-16-6-4-5-7-18(16)19-17/h4-7,9,11,13-14H,8,10,12H2,1-3H3/b15-9+. The van der Waals surface area contributed by atoms with Crippen LogP contribution in [0.2, 0.25) is 0 Å². The van der Waals surface area contributed by atoms with Crippen molar-refractivity contribution >= 4 is 10.9 Å². The predicted octanol–water partition coefficient (Wildman–Crippen LogP) is 5.16. The van der Waals surface area contributed by atoms with E-state index in [4.69, 9.17) is 4.98 Å². The first-order chi connectivity index (χ1) is 9.15. The molecule has 0 aliphatic heterocycles. The number of aryl methyl sites for hydroxylation is 1. The normalized spacial score (nSPS) is 12.3. The highest BCUT2D eigenvalue weighted by molar-refractivity contribution is 5.78. The molecular formula is C18H23N. The van der Waals surface area contributed by atoms with E-state index in [0.717, 1.165) is 24.3 Å². The maximum Gasteiger partial charge on any atom is 0.0705 e. The van der Waals surface area contributed by atoms with Gasteiger partial charge in [-0.3, -0.25) is 4.98 Å². The fourth-order valence-corrected chi connectivity index (χ4v) is 2.11.